The van der Waals surface area contributed by atoms with Crippen LogP contribution in [0.1, 0.15) is 80.4 Å². The lowest BCUT2D eigenvalue weighted by molar-refractivity contribution is -0.126. The Morgan fingerprint density at radius 3 is 2.22 bits per heavy atom. The van der Waals surface area contributed by atoms with Crippen LogP contribution in [0.4, 0.5) is 5.69 Å². The first-order valence-electron chi connectivity index (χ1n) is 18.6. The molecule has 2 aliphatic heterocycles. The lowest BCUT2D eigenvalue weighted by Gasteiger charge is -2.38. The molecule has 1 amide bonds. The smallest absolute Gasteiger partial charge is 0.223 e. The number of carbonyl (C=O) groups excluding carboxylic acids is 1. The van der Waals surface area contributed by atoms with Crippen LogP contribution in [-0.4, -0.2) is 59.3 Å². The molecule has 7 rings (SSSR count). The van der Waals surface area contributed by atoms with Crippen molar-refractivity contribution in [3.05, 3.63) is 129 Å². The molecule has 1 aliphatic carbocycles. The van der Waals surface area contributed by atoms with Gasteiger partial charge in [-0.3, -0.25) is 14.7 Å². The summed E-state index contributed by atoms with van der Waals surface area (Å²) in [6.45, 7) is 10.8. The molecule has 4 aromatic rings. The standard InChI is InChI=1S/C39H41BrClN5O.C4H10/c40-32-23-31-12-11-30-24-33(41)13-14-35(30)37(36(31)42-26-32)45-21-17-29(18-22-45)39(47)43-25-27-15-19-46(20-16-27)38(28-7-3-1-4-8-28)44-34-9-5-2-6-10-34;1-4(2)3/h1-10,13-14,23-24,26-27,29,37H,11-12,15-22,25H2,(H,43,47);4H,1-3H3. The lowest BCUT2D eigenvalue weighted by Crippen LogP contribution is -2.45. The summed E-state index contributed by atoms with van der Waals surface area (Å²) in [6.07, 6.45) is 7.58. The van der Waals surface area contributed by atoms with Gasteiger partial charge in [0.25, 0.3) is 0 Å². The summed E-state index contributed by atoms with van der Waals surface area (Å²) in [6, 6.07) is 29.2. The van der Waals surface area contributed by atoms with E-state index in [1.165, 1.54) is 16.7 Å². The SMILES string of the molecule is CC(C)C.O=C(NCC1CCN(C(=Nc2ccccc2)c2ccccc2)CC1)C1CCN(C2c3ccc(Cl)cc3CCc3cc(Br)cnc32)CC1. The zero-order valence-electron chi connectivity index (χ0n) is 30.2. The molecular formula is C43H51BrClN5O. The summed E-state index contributed by atoms with van der Waals surface area (Å²) >= 11 is 10.1. The van der Waals surface area contributed by atoms with Gasteiger partial charge in [-0.1, -0.05) is 87.0 Å². The highest BCUT2D eigenvalue weighted by Crippen LogP contribution is 2.39. The monoisotopic (exact) mass is 767 g/mol. The molecule has 1 unspecified atom stereocenters. The number of nitrogens with zero attached hydrogens (tertiary/aromatic N) is 4. The Kier molecular flexibility index (Phi) is 13.0. The number of para-hydroxylation sites is 1. The van der Waals surface area contributed by atoms with E-state index in [0.717, 1.165) is 109 Å². The summed E-state index contributed by atoms with van der Waals surface area (Å²) < 4.78 is 1.01. The normalized spacial score (nSPS) is 18.7. The van der Waals surface area contributed by atoms with Crippen LogP contribution in [0.5, 0.6) is 0 Å². The predicted octanol–water partition coefficient (Wildman–Crippen LogP) is 9.67. The quantitative estimate of drug-likeness (QED) is 0.157. The highest BCUT2D eigenvalue weighted by molar-refractivity contribution is 9.10. The third-order valence-corrected chi connectivity index (χ3v) is 10.7. The van der Waals surface area contributed by atoms with Crippen molar-refractivity contribution in [2.24, 2.45) is 22.7 Å². The van der Waals surface area contributed by atoms with Crippen molar-refractivity contribution in [3.63, 3.8) is 0 Å². The van der Waals surface area contributed by atoms with E-state index in [1.54, 1.807) is 0 Å². The van der Waals surface area contributed by atoms with Gasteiger partial charge in [-0.15, -0.1) is 0 Å². The van der Waals surface area contributed by atoms with E-state index >= 15 is 0 Å². The third kappa shape index (κ3) is 9.88. The first-order chi connectivity index (χ1) is 24.7. The van der Waals surface area contributed by atoms with Crippen LogP contribution in [0.3, 0.4) is 0 Å². The number of aliphatic imine (C=N–C) groups is 1. The molecule has 1 atom stereocenters. The summed E-state index contributed by atoms with van der Waals surface area (Å²) in [7, 11) is 0. The molecule has 3 aromatic carbocycles. The zero-order chi connectivity index (χ0) is 35.7. The van der Waals surface area contributed by atoms with Crippen LogP contribution < -0.4 is 5.32 Å². The van der Waals surface area contributed by atoms with Gasteiger partial charge in [0, 0.05) is 46.8 Å². The number of benzene rings is 3. The van der Waals surface area contributed by atoms with E-state index in [0.29, 0.717) is 5.92 Å². The highest BCUT2D eigenvalue weighted by atomic mass is 79.9. The average molecular weight is 769 g/mol. The Morgan fingerprint density at radius 2 is 1.53 bits per heavy atom. The second kappa shape index (κ2) is 17.8. The first kappa shape index (κ1) is 37.2. The number of piperidine rings is 2. The Hall–Kier alpha value is -3.52. The Bertz CT molecular complexity index is 1710. The Morgan fingerprint density at radius 1 is 0.882 bits per heavy atom. The van der Waals surface area contributed by atoms with Gasteiger partial charge < -0.3 is 10.2 Å². The predicted molar refractivity (Wildman–Crippen MR) is 214 cm³/mol. The number of fused-ring (bicyclic) bond motifs is 2. The molecule has 1 N–H and O–H groups in total. The van der Waals surface area contributed by atoms with Crippen molar-refractivity contribution in [1.29, 1.82) is 0 Å². The average Bonchev–Trinajstić information content (AvgIpc) is 3.30. The maximum absolute atomic E-state index is 13.4. The molecule has 0 radical (unpaired) electrons. The molecule has 0 saturated carbocycles. The first-order valence-corrected chi connectivity index (χ1v) is 19.8. The number of nitrogens with one attached hydrogen (secondary N) is 1. The molecule has 3 heterocycles. The highest BCUT2D eigenvalue weighted by Gasteiger charge is 2.35. The van der Waals surface area contributed by atoms with E-state index in [4.69, 9.17) is 21.6 Å². The number of rotatable bonds is 6. The number of pyridine rings is 1. The molecule has 51 heavy (non-hydrogen) atoms. The third-order valence-electron chi connectivity index (χ3n) is 10.1. The molecule has 6 nitrogen and oxygen atoms in total. The van der Waals surface area contributed by atoms with Crippen LogP contribution in [-0.2, 0) is 17.6 Å². The minimum absolute atomic E-state index is 0.0434. The largest absolute Gasteiger partial charge is 0.356 e. The van der Waals surface area contributed by atoms with E-state index in [-0.39, 0.29) is 17.9 Å². The zero-order valence-corrected chi connectivity index (χ0v) is 32.5. The lowest BCUT2D eigenvalue weighted by atomic mass is 9.90. The second-order valence-corrected chi connectivity index (χ2v) is 16.2. The van der Waals surface area contributed by atoms with Gasteiger partial charge in [0.2, 0.25) is 5.91 Å². The topological polar surface area (TPSA) is 60.8 Å². The number of amidine groups is 1. The summed E-state index contributed by atoms with van der Waals surface area (Å²) in [4.78, 5) is 28.3. The molecule has 2 saturated heterocycles. The van der Waals surface area contributed by atoms with Crippen LogP contribution in [0.15, 0.2) is 101 Å². The number of amides is 1. The Labute approximate surface area is 317 Å². The molecule has 2 fully saturated rings. The van der Waals surface area contributed by atoms with Crippen molar-refractivity contribution in [2.45, 2.75) is 65.3 Å². The van der Waals surface area contributed by atoms with E-state index in [2.05, 4.69) is 106 Å². The van der Waals surface area contributed by atoms with Crippen molar-refractivity contribution < 1.29 is 4.79 Å². The number of carbonyl (C=O) groups is 1. The molecular weight excluding hydrogens is 718 g/mol. The number of aryl methyl sites for hydroxylation is 2. The number of halogens is 2. The molecule has 0 spiro atoms. The number of aromatic nitrogens is 1. The van der Waals surface area contributed by atoms with Crippen molar-refractivity contribution in [1.82, 2.24) is 20.1 Å². The van der Waals surface area contributed by atoms with Crippen LogP contribution in [0, 0.1) is 17.8 Å². The fraction of sp³-hybridized carbons (Fsp3) is 0.419. The van der Waals surface area contributed by atoms with E-state index in [9.17, 15) is 4.79 Å². The Balaban J connectivity index is 0.00000107. The van der Waals surface area contributed by atoms with E-state index < -0.39 is 0 Å². The molecule has 3 aliphatic rings. The van der Waals surface area contributed by atoms with E-state index in [1.807, 2.05) is 36.5 Å². The van der Waals surface area contributed by atoms with Crippen molar-refractivity contribution in [2.75, 3.05) is 32.7 Å². The fourth-order valence-corrected chi connectivity index (χ4v) is 8.04. The molecule has 0 bridgehead atoms. The number of likely N-dealkylation sites (tertiary alicyclic amines) is 2. The maximum Gasteiger partial charge on any atom is 0.223 e. The van der Waals surface area contributed by atoms with Gasteiger partial charge in [0.1, 0.15) is 5.84 Å². The summed E-state index contributed by atoms with van der Waals surface area (Å²) in [5.74, 6) is 2.58. The van der Waals surface area contributed by atoms with Gasteiger partial charge in [-0.2, -0.15) is 0 Å². The van der Waals surface area contributed by atoms with Crippen LogP contribution >= 0.6 is 27.5 Å². The minimum atomic E-state index is 0.0434. The van der Waals surface area contributed by atoms with Crippen molar-refractivity contribution >= 4 is 45.0 Å². The molecule has 8 heteroatoms. The second-order valence-electron chi connectivity index (χ2n) is 14.8. The summed E-state index contributed by atoms with van der Waals surface area (Å²) in [5.41, 5.74) is 7.11. The van der Waals surface area contributed by atoms with Gasteiger partial charge in [0.05, 0.1) is 17.4 Å². The number of hydrogen-bond donors (Lipinski definition) is 1. The fourth-order valence-electron chi connectivity index (χ4n) is 7.47. The summed E-state index contributed by atoms with van der Waals surface area (Å²) in [5, 5.41) is 4.13. The molecule has 1 aromatic heterocycles. The van der Waals surface area contributed by atoms with Crippen molar-refractivity contribution in [3.8, 4) is 0 Å². The number of hydrogen-bond acceptors (Lipinski definition) is 4. The van der Waals surface area contributed by atoms with Crippen LogP contribution in [0.2, 0.25) is 5.02 Å². The maximum atomic E-state index is 13.4. The van der Waals surface area contributed by atoms with Gasteiger partial charge in [-0.25, -0.2) is 4.99 Å². The van der Waals surface area contributed by atoms with Crippen LogP contribution in [0.25, 0.3) is 0 Å². The molecule has 268 valence electrons. The van der Waals surface area contributed by atoms with Gasteiger partial charge in [-0.05, 0) is 126 Å². The van der Waals surface area contributed by atoms with Gasteiger partial charge in [0.15, 0.2) is 0 Å². The minimum Gasteiger partial charge on any atom is -0.356 e. The van der Waals surface area contributed by atoms with Gasteiger partial charge >= 0.3 is 0 Å².